The van der Waals surface area contributed by atoms with Crippen molar-refractivity contribution in [3.05, 3.63) is 29.8 Å². The molecular formula is C16H22F3NO2. The van der Waals surface area contributed by atoms with Crippen molar-refractivity contribution in [3.8, 4) is 5.75 Å². The van der Waals surface area contributed by atoms with Gasteiger partial charge in [0.1, 0.15) is 5.75 Å². The molecule has 0 heterocycles. The molecule has 0 aliphatic heterocycles. The molecule has 0 aliphatic rings. The van der Waals surface area contributed by atoms with E-state index >= 15 is 0 Å². The van der Waals surface area contributed by atoms with Crippen LogP contribution in [0.4, 0.5) is 13.2 Å². The molecule has 0 spiro atoms. The number of alkyl halides is 3. The average molecular weight is 317 g/mol. The summed E-state index contributed by atoms with van der Waals surface area (Å²) in [6, 6.07) is 5.25. The maximum absolute atomic E-state index is 12.1. The predicted molar refractivity (Wildman–Crippen MR) is 78.4 cm³/mol. The summed E-state index contributed by atoms with van der Waals surface area (Å²) in [6.07, 6.45) is -2.22. The highest BCUT2D eigenvalue weighted by Gasteiger charge is 2.31. The first kappa shape index (κ1) is 18.3. The summed E-state index contributed by atoms with van der Waals surface area (Å²) >= 11 is 0. The third-order valence-electron chi connectivity index (χ3n) is 3.31. The fourth-order valence-corrected chi connectivity index (χ4v) is 2.25. The summed E-state index contributed by atoms with van der Waals surface area (Å²) in [5.41, 5.74) is 0.728. The maximum Gasteiger partial charge on any atom is 0.573 e. The smallest absolute Gasteiger partial charge is 0.406 e. The lowest BCUT2D eigenvalue weighted by atomic mass is 10.0. The van der Waals surface area contributed by atoms with Crippen molar-refractivity contribution in [1.82, 2.24) is 5.32 Å². The fraction of sp³-hybridized carbons (Fsp3) is 0.562. The topological polar surface area (TPSA) is 38.3 Å². The van der Waals surface area contributed by atoms with Crippen LogP contribution in [0.2, 0.25) is 0 Å². The Morgan fingerprint density at radius 1 is 1.23 bits per heavy atom. The minimum absolute atomic E-state index is 0.0518. The molecule has 1 rings (SSSR count). The highest BCUT2D eigenvalue weighted by molar-refractivity contribution is 5.76. The van der Waals surface area contributed by atoms with Crippen molar-refractivity contribution >= 4 is 5.91 Å². The monoisotopic (exact) mass is 317 g/mol. The van der Waals surface area contributed by atoms with Crippen molar-refractivity contribution in [2.75, 3.05) is 0 Å². The third kappa shape index (κ3) is 6.83. The van der Waals surface area contributed by atoms with E-state index in [1.165, 1.54) is 24.3 Å². The molecule has 0 aromatic heterocycles. The van der Waals surface area contributed by atoms with E-state index in [0.717, 1.165) is 18.4 Å². The molecule has 1 aromatic rings. The zero-order valence-electron chi connectivity index (χ0n) is 13.0. The second-order valence-corrected chi connectivity index (χ2v) is 5.50. The number of rotatable bonds is 7. The molecule has 22 heavy (non-hydrogen) atoms. The van der Waals surface area contributed by atoms with E-state index in [-0.39, 0.29) is 17.7 Å². The van der Waals surface area contributed by atoms with Gasteiger partial charge in [0, 0.05) is 6.42 Å². The number of ether oxygens (including phenoxy) is 1. The van der Waals surface area contributed by atoms with Crippen LogP contribution in [0.25, 0.3) is 0 Å². The number of nitrogens with one attached hydrogen (secondary N) is 1. The van der Waals surface area contributed by atoms with Gasteiger partial charge in [-0.3, -0.25) is 4.79 Å². The molecule has 0 radical (unpaired) electrons. The first-order valence-corrected chi connectivity index (χ1v) is 7.36. The van der Waals surface area contributed by atoms with Gasteiger partial charge in [-0.05, 0) is 30.5 Å². The SMILES string of the molecule is CCCC(C)CC(=O)NC(C)c1ccc(OC(F)(F)F)cc1. The van der Waals surface area contributed by atoms with Crippen LogP contribution in [0, 0.1) is 5.92 Å². The third-order valence-corrected chi connectivity index (χ3v) is 3.31. The molecule has 2 atom stereocenters. The Morgan fingerprint density at radius 2 is 1.82 bits per heavy atom. The maximum atomic E-state index is 12.1. The van der Waals surface area contributed by atoms with Crippen LogP contribution < -0.4 is 10.1 Å². The van der Waals surface area contributed by atoms with Gasteiger partial charge in [0.25, 0.3) is 0 Å². The van der Waals surface area contributed by atoms with Gasteiger partial charge in [0.15, 0.2) is 0 Å². The molecule has 0 aliphatic carbocycles. The molecule has 0 saturated carbocycles. The van der Waals surface area contributed by atoms with E-state index in [2.05, 4.69) is 17.0 Å². The van der Waals surface area contributed by atoms with Gasteiger partial charge in [-0.25, -0.2) is 0 Å². The molecule has 0 bridgehead atoms. The molecule has 124 valence electrons. The summed E-state index contributed by atoms with van der Waals surface area (Å²) in [6.45, 7) is 5.89. The van der Waals surface area contributed by atoms with Crippen molar-refractivity contribution < 1.29 is 22.7 Å². The molecule has 3 nitrogen and oxygen atoms in total. The van der Waals surface area contributed by atoms with Gasteiger partial charge in [0.05, 0.1) is 6.04 Å². The van der Waals surface area contributed by atoms with E-state index in [1.807, 2.05) is 6.92 Å². The van der Waals surface area contributed by atoms with Crippen LogP contribution in [-0.2, 0) is 4.79 Å². The Bertz CT molecular complexity index is 471. The lowest BCUT2D eigenvalue weighted by Gasteiger charge is -2.17. The first-order chi connectivity index (χ1) is 10.2. The van der Waals surface area contributed by atoms with Crippen LogP contribution in [0.3, 0.4) is 0 Å². The van der Waals surface area contributed by atoms with Crippen LogP contribution in [0.5, 0.6) is 5.75 Å². The molecule has 0 saturated heterocycles. The fourth-order valence-electron chi connectivity index (χ4n) is 2.25. The minimum atomic E-state index is -4.70. The van der Waals surface area contributed by atoms with Gasteiger partial charge in [-0.15, -0.1) is 13.2 Å². The van der Waals surface area contributed by atoms with E-state index in [0.29, 0.717) is 12.3 Å². The largest absolute Gasteiger partial charge is 0.573 e. The summed E-state index contributed by atoms with van der Waals surface area (Å²) in [5, 5.41) is 2.85. The Kier molecular flexibility index (Phi) is 6.71. The molecular weight excluding hydrogens is 295 g/mol. The van der Waals surface area contributed by atoms with Crippen LogP contribution in [-0.4, -0.2) is 12.3 Å². The Morgan fingerprint density at radius 3 is 2.32 bits per heavy atom. The summed E-state index contributed by atoms with van der Waals surface area (Å²) in [4.78, 5) is 11.9. The second-order valence-electron chi connectivity index (χ2n) is 5.50. The number of hydrogen-bond acceptors (Lipinski definition) is 2. The molecule has 6 heteroatoms. The average Bonchev–Trinajstić information content (AvgIpc) is 2.37. The standard InChI is InChI=1S/C16H22F3NO2/c1-4-5-11(2)10-15(21)20-12(3)13-6-8-14(9-7-13)22-16(17,18)19/h6-9,11-12H,4-5,10H2,1-3H3,(H,20,21). The Labute approximate surface area is 128 Å². The van der Waals surface area contributed by atoms with Crippen molar-refractivity contribution in [3.63, 3.8) is 0 Å². The number of halogens is 3. The minimum Gasteiger partial charge on any atom is -0.406 e. The lowest BCUT2D eigenvalue weighted by Crippen LogP contribution is -2.27. The van der Waals surface area contributed by atoms with E-state index < -0.39 is 6.36 Å². The van der Waals surface area contributed by atoms with Crippen LogP contribution in [0.1, 0.15) is 51.6 Å². The zero-order chi connectivity index (χ0) is 16.8. The normalized spacial score (nSPS) is 14.3. The number of carbonyl (C=O) groups excluding carboxylic acids is 1. The number of hydrogen-bond donors (Lipinski definition) is 1. The summed E-state index contributed by atoms with van der Waals surface area (Å²) < 4.78 is 40.0. The van der Waals surface area contributed by atoms with Gasteiger partial charge < -0.3 is 10.1 Å². The van der Waals surface area contributed by atoms with Crippen LogP contribution in [0.15, 0.2) is 24.3 Å². The molecule has 1 amide bonds. The molecule has 1 N–H and O–H groups in total. The highest BCUT2D eigenvalue weighted by Crippen LogP contribution is 2.24. The van der Waals surface area contributed by atoms with E-state index in [9.17, 15) is 18.0 Å². The number of amides is 1. The van der Waals surface area contributed by atoms with Crippen LogP contribution >= 0.6 is 0 Å². The summed E-state index contributed by atoms with van der Waals surface area (Å²) in [7, 11) is 0. The van der Waals surface area contributed by atoms with E-state index in [4.69, 9.17) is 0 Å². The zero-order valence-corrected chi connectivity index (χ0v) is 13.0. The lowest BCUT2D eigenvalue weighted by molar-refractivity contribution is -0.274. The predicted octanol–water partition coefficient (Wildman–Crippen LogP) is 4.59. The quantitative estimate of drug-likeness (QED) is 0.799. The van der Waals surface area contributed by atoms with Crippen molar-refractivity contribution in [2.24, 2.45) is 5.92 Å². The molecule has 1 aromatic carbocycles. The van der Waals surface area contributed by atoms with Gasteiger partial charge >= 0.3 is 6.36 Å². The van der Waals surface area contributed by atoms with Crippen molar-refractivity contribution in [1.29, 1.82) is 0 Å². The molecule has 2 unspecified atom stereocenters. The number of benzene rings is 1. The second kappa shape index (κ2) is 8.06. The number of carbonyl (C=O) groups is 1. The van der Waals surface area contributed by atoms with Gasteiger partial charge in [0.2, 0.25) is 5.91 Å². The first-order valence-electron chi connectivity index (χ1n) is 7.36. The Balaban J connectivity index is 2.55. The van der Waals surface area contributed by atoms with Gasteiger partial charge in [-0.1, -0.05) is 38.8 Å². The van der Waals surface area contributed by atoms with Crippen molar-refractivity contribution in [2.45, 2.75) is 52.4 Å². The highest BCUT2D eigenvalue weighted by atomic mass is 19.4. The van der Waals surface area contributed by atoms with E-state index in [1.54, 1.807) is 6.92 Å². The summed E-state index contributed by atoms with van der Waals surface area (Å²) in [5.74, 6) is -0.00447. The van der Waals surface area contributed by atoms with Gasteiger partial charge in [-0.2, -0.15) is 0 Å². The molecule has 0 fully saturated rings. The Hall–Kier alpha value is -1.72.